The molecule has 6 heteroatoms. The molecular formula is C18H22N4OS. The second-order valence-corrected chi connectivity index (χ2v) is 7.60. The average Bonchev–Trinajstić information content (AvgIpc) is 3.18. The quantitative estimate of drug-likeness (QED) is 0.793. The Kier molecular flexibility index (Phi) is 4.02. The number of aromatic nitrogens is 2. The van der Waals surface area contributed by atoms with Crippen molar-refractivity contribution in [3.05, 3.63) is 34.8 Å². The Labute approximate surface area is 145 Å². The molecule has 126 valence electrons. The predicted octanol–water partition coefficient (Wildman–Crippen LogP) is 3.41. The number of thiazole rings is 1. The fourth-order valence-electron chi connectivity index (χ4n) is 3.59. The van der Waals surface area contributed by atoms with Crippen LogP contribution < -0.4 is 5.73 Å². The second-order valence-electron chi connectivity index (χ2n) is 6.59. The van der Waals surface area contributed by atoms with Crippen molar-refractivity contribution < 1.29 is 4.79 Å². The van der Waals surface area contributed by atoms with Crippen molar-refractivity contribution in [3.63, 3.8) is 0 Å². The molecule has 1 aromatic carbocycles. The molecule has 0 bridgehead atoms. The molecule has 3 aromatic rings. The summed E-state index contributed by atoms with van der Waals surface area (Å²) in [4.78, 5) is 21.0. The Bertz CT molecular complexity index is 891. The molecular weight excluding hydrogens is 320 g/mol. The molecule has 1 saturated carbocycles. The number of nitrogens with zero attached hydrogens (tertiary/aromatic N) is 3. The van der Waals surface area contributed by atoms with E-state index in [0.29, 0.717) is 12.6 Å². The first-order chi connectivity index (χ1) is 11.7. The summed E-state index contributed by atoms with van der Waals surface area (Å²) in [5.74, 6) is 0.112. The molecule has 0 radical (unpaired) electrons. The van der Waals surface area contributed by atoms with E-state index in [2.05, 4.69) is 11.1 Å². The van der Waals surface area contributed by atoms with Crippen molar-refractivity contribution >= 4 is 33.2 Å². The van der Waals surface area contributed by atoms with Crippen LogP contribution in [0.2, 0.25) is 0 Å². The van der Waals surface area contributed by atoms with E-state index in [0.717, 1.165) is 39.3 Å². The number of fused-ring (bicyclic) bond motifs is 3. The van der Waals surface area contributed by atoms with Crippen LogP contribution in [-0.4, -0.2) is 33.3 Å². The van der Waals surface area contributed by atoms with Crippen LogP contribution in [0.25, 0.3) is 16.0 Å². The Hall–Kier alpha value is -1.92. The van der Waals surface area contributed by atoms with E-state index < -0.39 is 0 Å². The highest BCUT2D eigenvalue weighted by atomic mass is 32.1. The lowest BCUT2D eigenvalue weighted by molar-refractivity contribution is 0.0701. The topological polar surface area (TPSA) is 63.6 Å². The Morgan fingerprint density at radius 3 is 2.92 bits per heavy atom. The summed E-state index contributed by atoms with van der Waals surface area (Å²) in [5.41, 5.74) is 8.77. The van der Waals surface area contributed by atoms with Gasteiger partial charge in [-0.05, 0) is 30.5 Å². The van der Waals surface area contributed by atoms with Gasteiger partial charge in [-0.25, -0.2) is 4.98 Å². The molecule has 2 heterocycles. The highest BCUT2D eigenvalue weighted by Gasteiger charge is 2.25. The fourth-order valence-corrected chi connectivity index (χ4v) is 4.57. The van der Waals surface area contributed by atoms with Crippen molar-refractivity contribution in [2.24, 2.45) is 5.73 Å². The van der Waals surface area contributed by atoms with E-state index in [1.165, 1.54) is 30.6 Å². The minimum absolute atomic E-state index is 0.112. The van der Waals surface area contributed by atoms with Gasteiger partial charge < -0.3 is 10.6 Å². The molecule has 0 unspecified atom stereocenters. The lowest BCUT2D eigenvalue weighted by Crippen LogP contribution is -2.37. The van der Waals surface area contributed by atoms with E-state index in [9.17, 15) is 4.79 Å². The zero-order valence-corrected chi connectivity index (χ0v) is 14.7. The highest BCUT2D eigenvalue weighted by Crippen LogP contribution is 2.27. The number of imidazole rings is 1. The van der Waals surface area contributed by atoms with Gasteiger partial charge in [0.2, 0.25) is 0 Å². The van der Waals surface area contributed by atoms with E-state index in [4.69, 9.17) is 5.73 Å². The van der Waals surface area contributed by atoms with Gasteiger partial charge in [0.05, 0.1) is 11.0 Å². The summed E-state index contributed by atoms with van der Waals surface area (Å²) in [6, 6.07) is 6.43. The zero-order valence-electron chi connectivity index (χ0n) is 13.9. The van der Waals surface area contributed by atoms with Gasteiger partial charge in [-0.1, -0.05) is 36.7 Å². The third-order valence-electron chi connectivity index (χ3n) is 5.06. The van der Waals surface area contributed by atoms with E-state index in [1.54, 1.807) is 0 Å². The SMILES string of the molecule is CN(C(=O)c1cn2c(nc3ccc(CN)cc32)s1)C1CCCCC1. The monoisotopic (exact) mass is 342 g/mol. The molecule has 0 atom stereocenters. The highest BCUT2D eigenvalue weighted by molar-refractivity contribution is 7.18. The molecule has 0 saturated heterocycles. The van der Waals surface area contributed by atoms with Crippen LogP contribution >= 0.6 is 11.3 Å². The maximum absolute atomic E-state index is 12.8. The molecule has 0 spiro atoms. The van der Waals surface area contributed by atoms with Gasteiger partial charge in [-0.2, -0.15) is 0 Å². The number of benzene rings is 1. The van der Waals surface area contributed by atoms with Gasteiger partial charge in [-0.3, -0.25) is 9.20 Å². The van der Waals surface area contributed by atoms with Crippen LogP contribution in [0.4, 0.5) is 0 Å². The minimum atomic E-state index is 0.112. The van der Waals surface area contributed by atoms with Gasteiger partial charge in [0, 0.05) is 25.8 Å². The number of rotatable bonds is 3. The van der Waals surface area contributed by atoms with Crippen LogP contribution in [0, 0.1) is 0 Å². The normalized spacial score (nSPS) is 16.1. The molecule has 1 amide bonds. The summed E-state index contributed by atoms with van der Waals surface area (Å²) in [5, 5.41) is 0. The lowest BCUT2D eigenvalue weighted by atomic mass is 9.94. The first kappa shape index (κ1) is 15.6. The summed E-state index contributed by atoms with van der Waals surface area (Å²) >= 11 is 1.47. The zero-order chi connectivity index (χ0) is 16.7. The van der Waals surface area contributed by atoms with Gasteiger partial charge >= 0.3 is 0 Å². The maximum atomic E-state index is 12.8. The van der Waals surface area contributed by atoms with Gasteiger partial charge in [0.1, 0.15) is 4.88 Å². The first-order valence-corrected chi connectivity index (χ1v) is 9.37. The van der Waals surface area contributed by atoms with Crippen LogP contribution in [-0.2, 0) is 6.54 Å². The summed E-state index contributed by atoms with van der Waals surface area (Å²) in [6.45, 7) is 0.503. The van der Waals surface area contributed by atoms with E-state index in [1.807, 2.05) is 34.7 Å². The Morgan fingerprint density at radius 2 is 2.17 bits per heavy atom. The third-order valence-corrected chi connectivity index (χ3v) is 6.03. The van der Waals surface area contributed by atoms with Crippen LogP contribution in [0.15, 0.2) is 24.4 Å². The number of hydrogen-bond acceptors (Lipinski definition) is 4. The predicted molar refractivity (Wildman–Crippen MR) is 97.4 cm³/mol. The largest absolute Gasteiger partial charge is 0.338 e. The van der Waals surface area contributed by atoms with Crippen molar-refractivity contribution in [1.82, 2.24) is 14.3 Å². The lowest BCUT2D eigenvalue weighted by Gasteiger charge is -2.30. The third kappa shape index (κ3) is 2.59. The van der Waals surface area contributed by atoms with Crippen LogP contribution in [0.1, 0.15) is 47.3 Å². The number of nitrogens with two attached hydrogens (primary N) is 1. The Morgan fingerprint density at radius 1 is 1.38 bits per heavy atom. The molecule has 1 aliphatic rings. The van der Waals surface area contributed by atoms with Gasteiger partial charge in [0.15, 0.2) is 4.96 Å². The minimum Gasteiger partial charge on any atom is -0.338 e. The average molecular weight is 342 g/mol. The van der Waals surface area contributed by atoms with E-state index >= 15 is 0 Å². The fraction of sp³-hybridized carbons (Fsp3) is 0.444. The van der Waals surface area contributed by atoms with Crippen LogP contribution in [0.3, 0.4) is 0 Å². The summed E-state index contributed by atoms with van der Waals surface area (Å²) < 4.78 is 2.01. The van der Waals surface area contributed by atoms with Crippen molar-refractivity contribution in [1.29, 1.82) is 0 Å². The number of hydrogen-bond donors (Lipinski definition) is 1. The molecule has 1 fully saturated rings. The van der Waals surface area contributed by atoms with Crippen molar-refractivity contribution in [2.75, 3.05) is 7.05 Å². The van der Waals surface area contributed by atoms with Crippen LogP contribution in [0.5, 0.6) is 0 Å². The summed E-state index contributed by atoms with van der Waals surface area (Å²) in [7, 11) is 1.94. The standard InChI is InChI=1S/C18H22N4OS/c1-21(13-5-3-2-4-6-13)17(23)16-11-22-15-9-12(10-19)7-8-14(15)20-18(22)24-16/h7-9,11,13H,2-6,10,19H2,1H3. The number of carbonyl (C=O) groups is 1. The smallest absolute Gasteiger partial charge is 0.265 e. The molecule has 2 aromatic heterocycles. The van der Waals surface area contributed by atoms with Gasteiger partial charge in [-0.15, -0.1) is 0 Å². The first-order valence-electron chi connectivity index (χ1n) is 8.55. The van der Waals surface area contributed by atoms with E-state index in [-0.39, 0.29) is 5.91 Å². The molecule has 4 rings (SSSR count). The second kappa shape index (κ2) is 6.18. The molecule has 2 N–H and O–H groups in total. The summed E-state index contributed by atoms with van der Waals surface area (Å²) in [6.07, 6.45) is 7.91. The number of amides is 1. The maximum Gasteiger partial charge on any atom is 0.265 e. The molecule has 0 aliphatic heterocycles. The van der Waals surface area contributed by atoms with Crippen molar-refractivity contribution in [2.45, 2.75) is 44.7 Å². The van der Waals surface area contributed by atoms with Crippen molar-refractivity contribution in [3.8, 4) is 0 Å². The molecule has 24 heavy (non-hydrogen) atoms. The number of carbonyl (C=O) groups excluding carboxylic acids is 1. The molecule has 1 aliphatic carbocycles. The Balaban J connectivity index is 1.67. The molecule has 5 nitrogen and oxygen atoms in total. The van der Waals surface area contributed by atoms with Gasteiger partial charge in [0.25, 0.3) is 5.91 Å².